The summed E-state index contributed by atoms with van der Waals surface area (Å²) in [6.07, 6.45) is 1.97. The van der Waals surface area contributed by atoms with Gasteiger partial charge in [0.15, 0.2) is 0 Å². The smallest absolute Gasteiger partial charge is 0.251 e. The maximum absolute atomic E-state index is 12.0. The Bertz CT molecular complexity index is 389. The normalized spacial score (nSPS) is 12.2. The largest absolute Gasteiger partial charge is 0.352 e. The number of carbonyl (C=O) groups is 1. The van der Waals surface area contributed by atoms with E-state index < -0.39 is 0 Å². The first-order valence-corrected chi connectivity index (χ1v) is 7.51. The highest BCUT2D eigenvalue weighted by atomic mass is 79.9. The molecule has 0 bridgehead atoms. The van der Waals surface area contributed by atoms with Crippen molar-refractivity contribution in [3.05, 3.63) is 33.8 Å². The molecule has 1 rings (SSSR count). The van der Waals surface area contributed by atoms with Crippen LogP contribution in [-0.2, 0) is 0 Å². The van der Waals surface area contributed by atoms with E-state index in [-0.39, 0.29) is 5.91 Å². The number of aryl methyl sites for hydroxylation is 1. The van der Waals surface area contributed by atoms with E-state index in [0.29, 0.717) is 23.9 Å². The topological polar surface area (TPSA) is 29.1 Å². The molecule has 1 amide bonds. The van der Waals surface area contributed by atoms with Crippen molar-refractivity contribution in [1.29, 1.82) is 0 Å². The molecule has 0 fully saturated rings. The molecule has 18 heavy (non-hydrogen) atoms. The van der Waals surface area contributed by atoms with Gasteiger partial charge < -0.3 is 5.32 Å². The van der Waals surface area contributed by atoms with Crippen molar-refractivity contribution in [2.75, 3.05) is 12.4 Å². The molecule has 4 heteroatoms. The summed E-state index contributed by atoms with van der Waals surface area (Å²) < 4.78 is 0.931. The van der Waals surface area contributed by atoms with Gasteiger partial charge in [0, 0.05) is 22.5 Å². The average molecular weight is 333 g/mol. The number of carbonyl (C=O) groups excluding carboxylic acids is 1. The Labute approximate surface area is 122 Å². The van der Waals surface area contributed by atoms with Gasteiger partial charge in [-0.25, -0.2) is 0 Å². The minimum absolute atomic E-state index is 0.0209. The monoisotopic (exact) mass is 331 g/mol. The molecule has 0 aromatic heterocycles. The Morgan fingerprint density at radius 2 is 2.17 bits per heavy atom. The molecule has 1 atom stereocenters. The molecule has 0 saturated carbocycles. The standard InChI is InChI=1S/C14H19BrClNO/c1-3-11(4-5-16)9-17-14(18)12-6-10(2)7-13(15)8-12/h6-8,11H,3-5,9H2,1-2H3,(H,17,18). The maximum Gasteiger partial charge on any atom is 0.251 e. The van der Waals surface area contributed by atoms with Crippen LogP contribution < -0.4 is 5.32 Å². The number of nitrogens with one attached hydrogen (secondary N) is 1. The molecule has 0 aliphatic carbocycles. The summed E-state index contributed by atoms with van der Waals surface area (Å²) in [6, 6.07) is 5.71. The van der Waals surface area contributed by atoms with Crippen molar-refractivity contribution in [2.24, 2.45) is 5.92 Å². The fraction of sp³-hybridized carbons (Fsp3) is 0.500. The van der Waals surface area contributed by atoms with Gasteiger partial charge in [0.2, 0.25) is 0 Å². The van der Waals surface area contributed by atoms with E-state index in [1.165, 1.54) is 0 Å². The highest BCUT2D eigenvalue weighted by molar-refractivity contribution is 9.10. The molecule has 0 saturated heterocycles. The molecule has 0 spiro atoms. The molecule has 0 aliphatic heterocycles. The van der Waals surface area contributed by atoms with Gasteiger partial charge in [0.1, 0.15) is 0 Å². The van der Waals surface area contributed by atoms with Crippen molar-refractivity contribution in [2.45, 2.75) is 26.7 Å². The highest BCUT2D eigenvalue weighted by Crippen LogP contribution is 2.15. The fourth-order valence-electron chi connectivity index (χ4n) is 1.81. The summed E-state index contributed by atoms with van der Waals surface area (Å²) >= 11 is 9.13. The summed E-state index contributed by atoms with van der Waals surface area (Å²) in [6.45, 7) is 4.78. The van der Waals surface area contributed by atoms with Crippen molar-refractivity contribution in [3.8, 4) is 0 Å². The van der Waals surface area contributed by atoms with Gasteiger partial charge in [-0.05, 0) is 43.0 Å². The Morgan fingerprint density at radius 3 is 2.72 bits per heavy atom. The quantitative estimate of drug-likeness (QED) is 0.779. The molecule has 1 unspecified atom stereocenters. The maximum atomic E-state index is 12.0. The Kier molecular flexibility index (Phi) is 6.72. The van der Waals surface area contributed by atoms with Gasteiger partial charge in [-0.3, -0.25) is 4.79 Å². The zero-order chi connectivity index (χ0) is 13.5. The number of amides is 1. The molecule has 0 aliphatic rings. The van der Waals surface area contributed by atoms with Crippen molar-refractivity contribution < 1.29 is 4.79 Å². The first-order valence-electron chi connectivity index (χ1n) is 6.18. The zero-order valence-corrected chi connectivity index (χ0v) is 13.1. The van der Waals surface area contributed by atoms with Crippen LogP contribution in [0.5, 0.6) is 0 Å². The van der Waals surface area contributed by atoms with Crippen LogP contribution in [0.25, 0.3) is 0 Å². The van der Waals surface area contributed by atoms with Gasteiger partial charge in [-0.15, -0.1) is 11.6 Å². The molecule has 1 aromatic carbocycles. The van der Waals surface area contributed by atoms with Crippen LogP contribution in [0.3, 0.4) is 0 Å². The molecule has 1 N–H and O–H groups in total. The lowest BCUT2D eigenvalue weighted by atomic mass is 10.0. The van der Waals surface area contributed by atoms with E-state index in [1.807, 2.05) is 25.1 Å². The van der Waals surface area contributed by atoms with E-state index in [0.717, 1.165) is 22.9 Å². The minimum Gasteiger partial charge on any atom is -0.352 e. The van der Waals surface area contributed by atoms with E-state index >= 15 is 0 Å². The van der Waals surface area contributed by atoms with Crippen LogP contribution in [0.15, 0.2) is 22.7 Å². The summed E-state index contributed by atoms with van der Waals surface area (Å²) in [7, 11) is 0. The summed E-state index contributed by atoms with van der Waals surface area (Å²) in [4.78, 5) is 12.0. The third-order valence-electron chi connectivity index (χ3n) is 2.95. The van der Waals surface area contributed by atoms with Crippen LogP contribution in [0.1, 0.15) is 35.7 Å². The number of rotatable bonds is 6. The molecule has 1 aromatic rings. The van der Waals surface area contributed by atoms with Crippen molar-refractivity contribution in [1.82, 2.24) is 5.32 Å². The minimum atomic E-state index is -0.0209. The summed E-state index contributed by atoms with van der Waals surface area (Å²) in [5.74, 6) is 1.08. The van der Waals surface area contributed by atoms with Crippen molar-refractivity contribution in [3.63, 3.8) is 0 Å². The molecule has 2 nitrogen and oxygen atoms in total. The summed E-state index contributed by atoms with van der Waals surface area (Å²) in [5, 5.41) is 2.97. The first kappa shape index (κ1) is 15.5. The van der Waals surface area contributed by atoms with E-state index in [9.17, 15) is 4.79 Å². The van der Waals surface area contributed by atoms with Gasteiger partial charge in [0.25, 0.3) is 5.91 Å². The lowest BCUT2D eigenvalue weighted by Gasteiger charge is -2.14. The predicted octanol–water partition coefficient (Wildman–Crippen LogP) is 4.14. The van der Waals surface area contributed by atoms with Crippen LogP contribution in [0, 0.1) is 12.8 Å². The number of hydrogen-bond donors (Lipinski definition) is 1. The van der Waals surface area contributed by atoms with Gasteiger partial charge in [-0.1, -0.05) is 29.3 Å². The molecular formula is C14H19BrClNO. The Morgan fingerprint density at radius 1 is 1.44 bits per heavy atom. The zero-order valence-electron chi connectivity index (χ0n) is 10.8. The highest BCUT2D eigenvalue weighted by Gasteiger charge is 2.10. The Hall–Kier alpha value is -0.540. The molecule has 0 heterocycles. The lowest BCUT2D eigenvalue weighted by Crippen LogP contribution is -2.29. The second kappa shape index (κ2) is 7.80. The number of alkyl halides is 1. The van der Waals surface area contributed by atoms with E-state index in [4.69, 9.17) is 11.6 Å². The third-order valence-corrected chi connectivity index (χ3v) is 3.63. The van der Waals surface area contributed by atoms with Crippen LogP contribution >= 0.6 is 27.5 Å². The third kappa shape index (κ3) is 4.99. The fourth-order valence-corrected chi connectivity index (χ4v) is 2.73. The van der Waals surface area contributed by atoms with Crippen LogP contribution in [-0.4, -0.2) is 18.3 Å². The SMILES string of the molecule is CCC(CCCl)CNC(=O)c1cc(C)cc(Br)c1. The lowest BCUT2D eigenvalue weighted by molar-refractivity contribution is 0.0946. The average Bonchev–Trinajstić information content (AvgIpc) is 2.32. The number of hydrogen-bond acceptors (Lipinski definition) is 1. The van der Waals surface area contributed by atoms with Gasteiger partial charge >= 0.3 is 0 Å². The predicted molar refractivity (Wildman–Crippen MR) is 80.3 cm³/mol. The van der Waals surface area contributed by atoms with Crippen LogP contribution in [0.2, 0.25) is 0 Å². The second-order valence-corrected chi connectivity index (χ2v) is 5.77. The number of halogens is 2. The van der Waals surface area contributed by atoms with E-state index in [1.54, 1.807) is 0 Å². The molecule has 0 radical (unpaired) electrons. The summed E-state index contributed by atoms with van der Waals surface area (Å²) in [5.41, 5.74) is 1.77. The molecule has 100 valence electrons. The van der Waals surface area contributed by atoms with Crippen molar-refractivity contribution >= 4 is 33.4 Å². The van der Waals surface area contributed by atoms with E-state index in [2.05, 4.69) is 28.2 Å². The second-order valence-electron chi connectivity index (χ2n) is 4.48. The first-order chi connectivity index (χ1) is 8.56. The van der Waals surface area contributed by atoms with Gasteiger partial charge in [0.05, 0.1) is 0 Å². The van der Waals surface area contributed by atoms with Crippen LogP contribution in [0.4, 0.5) is 0 Å². The number of benzene rings is 1. The Balaban J connectivity index is 2.59. The molecular weight excluding hydrogens is 314 g/mol. The van der Waals surface area contributed by atoms with Gasteiger partial charge in [-0.2, -0.15) is 0 Å².